The number of ether oxygens (including phenoxy) is 2. The minimum Gasteiger partial charge on any atom is -0.493 e. The minimum atomic E-state index is 0.101. The van der Waals surface area contributed by atoms with Crippen LogP contribution in [-0.2, 0) is 6.42 Å². The van der Waals surface area contributed by atoms with Gasteiger partial charge in [0, 0.05) is 42.5 Å². The minimum absolute atomic E-state index is 0.101. The molecule has 2 aliphatic heterocycles. The van der Waals surface area contributed by atoms with Crippen molar-refractivity contribution in [3.63, 3.8) is 0 Å². The lowest BCUT2D eigenvalue weighted by Crippen LogP contribution is -2.50. The van der Waals surface area contributed by atoms with Gasteiger partial charge in [0.25, 0.3) is 0 Å². The molecule has 1 saturated heterocycles. The van der Waals surface area contributed by atoms with Gasteiger partial charge in [0.1, 0.15) is 0 Å². The van der Waals surface area contributed by atoms with Crippen LogP contribution in [0.15, 0.2) is 30.3 Å². The number of rotatable bonds is 3. The molecule has 2 aliphatic rings. The summed E-state index contributed by atoms with van der Waals surface area (Å²) in [4.78, 5) is 7.30. The van der Waals surface area contributed by atoms with E-state index in [-0.39, 0.29) is 12.0 Å². The SMILES string of the molecule is COc1cc2c(cc1OC)C1C[C@@H](N)[C@@H](c3cccc(C)n3)CN1CC2. The fraction of sp³-hybridized carbons (Fsp3) is 0.476. The number of pyridine rings is 1. The highest BCUT2D eigenvalue weighted by Crippen LogP contribution is 2.43. The molecule has 5 nitrogen and oxygen atoms in total. The lowest BCUT2D eigenvalue weighted by atomic mass is 9.79. The van der Waals surface area contributed by atoms with E-state index in [4.69, 9.17) is 20.2 Å². The molecule has 138 valence electrons. The Morgan fingerprint density at radius 3 is 2.65 bits per heavy atom. The smallest absolute Gasteiger partial charge is 0.161 e. The summed E-state index contributed by atoms with van der Waals surface area (Å²) in [5.41, 5.74) is 11.5. The van der Waals surface area contributed by atoms with E-state index in [1.54, 1.807) is 14.2 Å². The molecule has 0 aliphatic carbocycles. The van der Waals surface area contributed by atoms with Crippen molar-refractivity contribution >= 4 is 0 Å². The van der Waals surface area contributed by atoms with Crippen LogP contribution in [0.1, 0.15) is 40.9 Å². The van der Waals surface area contributed by atoms with E-state index in [2.05, 4.69) is 29.2 Å². The van der Waals surface area contributed by atoms with E-state index in [1.807, 2.05) is 13.0 Å². The van der Waals surface area contributed by atoms with Crippen LogP contribution in [0, 0.1) is 6.92 Å². The third-order valence-corrected chi connectivity index (χ3v) is 5.85. The maximum Gasteiger partial charge on any atom is 0.161 e. The number of hydrogen-bond acceptors (Lipinski definition) is 5. The molecule has 0 spiro atoms. The Bertz CT molecular complexity index is 808. The Hall–Kier alpha value is -2.11. The van der Waals surface area contributed by atoms with Gasteiger partial charge in [-0.3, -0.25) is 9.88 Å². The molecule has 0 bridgehead atoms. The topological polar surface area (TPSA) is 60.6 Å². The number of nitrogens with two attached hydrogens (primary N) is 1. The second-order valence-corrected chi connectivity index (χ2v) is 7.38. The molecule has 1 fully saturated rings. The molecule has 4 rings (SSSR count). The Kier molecular flexibility index (Phi) is 4.59. The van der Waals surface area contributed by atoms with Crippen LogP contribution in [0.3, 0.4) is 0 Å². The first kappa shape index (κ1) is 17.3. The van der Waals surface area contributed by atoms with E-state index >= 15 is 0 Å². The van der Waals surface area contributed by atoms with Gasteiger partial charge in [-0.2, -0.15) is 0 Å². The zero-order valence-corrected chi connectivity index (χ0v) is 15.7. The number of piperidine rings is 1. The quantitative estimate of drug-likeness (QED) is 0.919. The summed E-state index contributed by atoms with van der Waals surface area (Å²) in [5, 5.41) is 0. The van der Waals surface area contributed by atoms with Gasteiger partial charge in [-0.05, 0) is 55.2 Å². The zero-order chi connectivity index (χ0) is 18.3. The molecular formula is C21H27N3O2. The van der Waals surface area contributed by atoms with Crippen LogP contribution in [0.25, 0.3) is 0 Å². The number of hydrogen-bond donors (Lipinski definition) is 1. The Morgan fingerprint density at radius 1 is 1.15 bits per heavy atom. The molecule has 1 unspecified atom stereocenters. The summed E-state index contributed by atoms with van der Waals surface area (Å²) >= 11 is 0. The van der Waals surface area contributed by atoms with Crippen LogP contribution < -0.4 is 15.2 Å². The molecule has 2 N–H and O–H groups in total. The number of fused-ring (bicyclic) bond motifs is 3. The first-order valence-corrected chi connectivity index (χ1v) is 9.28. The van der Waals surface area contributed by atoms with Gasteiger partial charge in [0.05, 0.1) is 14.2 Å². The average Bonchev–Trinajstić information content (AvgIpc) is 2.66. The molecule has 1 aromatic carbocycles. The Balaban J connectivity index is 1.64. The molecule has 2 aromatic rings. The van der Waals surface area contributed by atoms with E-state index in [1.165, 1.54) is 11.1 Å². The van der Waals surface area contributed by atoms with E-state index in [0.717, 1.165) is 48.8 Å². The number of nitrogens with zero attached hydrogens (tertiary/aromatic N) is 2. The molecule has 5 heteroatoms. The van der Waals surface area contributed by atoms with Crippen molar-refractivity contribution in [1.82, 2.24) is 9.88 Å². The lowest BCUT2D eigenvalue weighted by molar-refractivity contribution is 0.108. The molecule has 3 heterocycles. The third-order valence-electron chi connectivity index (χ3n) is 5.85. The summed E-state index contributed by atoms with van der Waals surface area (Å²) in [6.45, 7) is 4.04. The van der Waals surface area contributed by atoms with Gasteiger partial charge in [-0.15, -0.1) is 0 Å². The fourth-order valence-corrected chi connectivity index (χ4v) is 4.47. The highest BCUT2D eigenvalue weighted by atomic mass is 16.5. The summed E-state index contributed by atoms with van der Waals surface area (Å²) in [7, 11) is 3.38. The largest absolute Gasteiger partial charge is 0.493 e. The Labute approximate surface area is 155 Å². The first-order valence-electron chi connectivity index (χ1n) is 9.28. The van der Waals surface area contributed by atoms with Gasteiger partial charge in [0.15, 0.2) is 11.5 Å². The van der Waals surface area contributed by atoms with Crippen molar-refractivity contribution in [1.29, 1.82) is 0 Å². The molecule has 0 amide bonds. The van der Waals surface area contributed by atoms with Crippen LogP contribution in [-0.4, -0.2) is 43.2 Å². The molecule has 3 atom stereocenters. The molecule has 0 saturated carbocycles. The van der Waals surface area contributed by atoms with Gasteiger partial charge < -0.3 is 15.2 Å². The van der Waals surface area contributed by atoms with Gasteiger partial charge in [0.2, 0.25) is 0 Å². The number of aryl methyl sites for hydroxylation is 1. The fourth-order valence-electron chi connectivity index (χ4n) is 4.47. The normalized spacial score (nSPS) is 25.3. The van der Waals surface area contributed by atoms with Crippen molar-refractivity contribution in [2.24, 2.45) is 5.73 Å². The van der Waals surface area contributed by atoms with Crippen molar-refractivity contribution in [2.75, 3.05) is 27.3 Å². The highest BCUT2D eigenvalue weighted by molar-refractivity contribution is 5.49. The van der Waals surface area contributed by atoms with Crippen molar-refractivity contribution < 1.29 is 9.47 Å². The first-order chi connectivity index (χ1) is 12.6. The van der Waals surface area contributed by atoms with E-state index in [0.29, 0.717) is 6.04 Å². The van der Waals surface area contributed by atoms with Crippen LogP contribution >= 0.6 is 0 Å². The van der Waals surface area contributed by atoms with Crippen LogP contribution in [0.4, 0.5) is 0 Å². The summed E-state index contributed by atoms with van der Waals surface area (Å²) in [5.74, 6) is 1.89. The highest BCUT2D eigenvalue weighted by Gasteiger charge is 2.39. The number of methoxy groups -OCH3 is 2. The summed E-state index contributed by atoms with van der Waals surface area (Å²) < 4.78 is 11.0. The second-order valence-electron chi connectivity index (χ2n) is 7.38. The monoisotopic (exact) mass is 353 g/mol. The molecule has 26 heavy (non-hydrogen) atoms. The van der Waals surface area contributed by atoms with Crippen LogP contribution in [0.5, 0.6) is 11.5 Å². The standard InChI is InChI=1S/C21H27N3O2/c1-13-5-4-6-18(23-13)16-12-24-8-7-14-9-20(25-2)21(26-3)10-15(14)19(24)11-17(16)22/h4-6,9-10,16-17,19H,7-8,11-12,22H2,1-3H3/t16-,17+,19?/m0/s1. The molecule has 1 aromatic heterocycles. The van der Waals surface area contributed by atoms with Crippen LogP contribution in [0.2, 0.25) is 0 Å². The predicted molar refractivity (Wildman–Crippen MR) is 102 cm³/mol. The third kappa shape index (κ3) is 2.95. The second kappa shape index (κ2) is 6.89. The lowest BCUT2D eigenvalue weighted by Gasteiger charge is -2.46. The predicted octanol–water partition coefficient (Wildman–Crippen LogP) is 2.82. The van der Waals surface area contributed by atoms with Crippen molar-refractivity contribution in [3.05, 3.63) is 52.8 Å². The van der Waals surface area contributed by atoms with Crippen molar-refractivity contribution in [2.45, 2.75) is 37.8 Å². The molecular weight excluding hydrogens is 326 g/mol. The van der Waals surface area contributed by atoms with Gasteiger partial charge in [-0.25, -0.2) is 0 Å². The van der Waals surface area contributed by atoms with E-state index < -0.39 is 0 Å². The number of aromatic nitrogens is 1. The summed E-state index contributed by atoms with van der Waals surface area (Å²) in [6.07, 6.45) is 1.96. The van der Waals surface area contributed by atoms with E-state index in [9.17, 15) is 0 Å². The average molecular weight is 353 g/mol. The summed E-state index contributed by atoms with van der Waals surface area (Å²) in [6, 6.07) is 11.0. The Morgan fingerprint density at radius 2 is 1.92 bits per heavy atom. The zero-order valence-electron chi connectivity index (χ0n) is 15.7. The van der Waals surface area contributed by atoms with Gasteiger partial charge >= 0.3 is 0 Å². The maximum absolute atomic E-state index is 6.63. The molecule has 0 radical (unpaired) electrons. The maximum atomic E-state index is 6.63. The number of benzene rings is 1. The van der Waals surface area contributed by atoms with Gasteiger partial charge in [-0.1, -0.05) is 6.07 Å². The van der Waals surface area contributed by atoms with Crippen molar-refractivity contribution in [3.8, 4) is 11.5 Å².